The molecule has 24 heavy (non-hydrogen) atoms. The number of hydrogen-bond acceptors (Lipinski definition) is 5. The van der Waals surface area contributed by atoms with Crippen LogP contribution in [0.5, 0.6) is 5.88 Å². The van der Waals surface area contributed by atoms with Gasteiger partial charge in [0.25, 0.3) is 5.91 Å². The SMILES string of the molecule is COc1c2ccc(C(=O)Nc3nc4c(s3)CCCC4)cc2nn1C. The molecule has 7 heteroatoms. The Morgan fingerprint density at radius 1 is 1.33 bits per heavy atom. The van der Waals surface area contributed by atoms with E-state index in [0.717, 1.165) is 29.4 Å². The molecule has 0 unspecified atom stereocenters. The number of nitrogens with one attached hydrogen (secondary N) is 1. The van der Waals surface area contributed by atoms with E-state index in [9.17, 15) is 4.79 Å². The molecule has 1 aliphatic rings. The first-order chi connectivity index (χ1) is 11.7. The van der Waals surface area contributed by atoms with Gasteiger partial charge in [-0.3, -0.25) is 10.1 Å². The molecule has 1 aliphatic carbocycles. The summed E-state index contributed by atoms with van der Waals surface area (Å²) in [5, 5.41) is 8.88. The van der Waals surface area contributed by atoms with Gasteiger partial charge in [0.1, 0.15) is 0 Å². The van der Waals surface area contributed by atoms with E-state index in [0.29, 0.717) is 16.6 Å². The number of benzene rings is 1. The summed E-state index contributed by atoms with van der Waals surface area (Å²) < 4.78 is 7.00. The van der Waals surface area contributed by atoms with E-state index < -0.39 is 0 Å². The molecule has 0 spiro atoms. The highest BCUT2D eigenvalue weighted by Crippen LogP contribution is 2.30. The van der Waals surface area contributed by atoms with Crippen molar-refractivity contribution in [3.63, 3.8) is 0 Å². The molecular weight excluding hydrogens is 324 g/mol. The summed E-state index contributed by atoms with van der Waals surface area (Å²) in [6, 6.07) is 5.43. The predicted molar refractivity (Wildman–Crippen MR) is 94.0 cm³/mol. The molecule has 0 saturated heterocycles. The third-order valence-electron chi connectivity index (χ3n) is 4.30. The van der Waals surface area contributed by atoms with Crippen LogP contribution in [-0.2, 0) is 19.9 Å². The number of thiazole rings is 1. The Hall–Kier alpha value is -2.41. The maximum Gasteiger partial charge on any atom is 0.257 e. The molecule has 1 amide bonds. The molecule has 6 nitrogen and oxygen atoms in total. The summed E-state index contributed by atoms with van der Waals surface area (Å²) >= 11 is 1.59. The highest BCUT2D eigenvalue weighted by molar-refractivity contribution is 7.15. The van der Waals surface area contributed by atoms with E-state index in [1.54, 1.807) is 35.3 Å². The third kappa shape index (κ3) is 2.54. The number of rotatable bonds is 3. The molecule has 0 atom stereocenters. The van der Waals surface area contributed by atoms with Crippen LogP contribution in [0.1, 0.15) is 33.8 Å². The molecule has 0 aliphatic heterocycles. The summed E-state index contributed by atoms with van der Waals surface area (Å²) in [6.45, 7) is 0. The molecule has 4 rings (SSSR count). The van der Waals surface area contributed by atoms with Gasteiger partial charge in [-0.05, 0) is 43.9 Å². The van der Waals surface area contributed by atoms with Crippen molar-refractivity contribution in [2.24, 2.45) is 7.05 Å². The van der Waals surface area contributed by atoms with E-state index >= 15 is 0 Å². The second-order valence-electron chi connectivity index (χ2n) is 5.91. The Balaban J connectivity index is 1.60. The largest absolute Gasteiger partial charge is 0.481 e. The number of aromatic nitrogens is 3. The summed E-state index contributed by atoms with van der Waals surface area (Å²) in [6.07, 6.45) is 4.48. The molecule has 0 saturated carbocycles. The van der Waals surface area contributed by atoms with Crippen LogP contribution in [-0.4, -0.2) is 27.8 Å². The number of aryl methyl sites for hydroxylation is 3. The first-order valence-corrected chi connectivity index (χ1v) is 8.78. The van der Waals surface area contributed by atoms with Crippen LogP contribution in [0.4, 0.5) is 5.13 Å². The maximum absolute atomic E-state index is 12.5. The molecule has 0 radical (unpaired) electrons. The Bertz CT molecular complexity index is 905. The predicted octanol–water partition coefficient (Wildman–Crippen LogP) is 3.17. The fourth-order valence-corrected chi connectivity index (χ4v) is 4.18. The maximum atomic E-state index is 12.5. The number of anilines is 1. The van der Waals surface area contributed by atoms with Gasteiger partial charge >= 0.3 is 0 Å². The van der Waals surface area contributed by atoms with E-state index in [-0.39, 0.29) is 5.91 Å². The van der Waals surface area contributed by atoms with Crippen molar-refractivity contribution in [3.05, 3.63) is 34.3 Å². The van der Waals surface area contributed by atoms with E-state index in [1.807, 2.05) is 13.1 Å². The highest BCUT2D eigenvalue weighted by atomic mass is 32.1. The minimum absolute atomic E-state index is 0.160. The second kappa shape index (κ2) is 5.90. The lowest BCUT2D eigenvalue weighted by molar-refractivity contribution is 0.102. The standard InChI is InChI=1S/C17H18N4O2S/c1-21-16(23-2)11-8-7-10(9-13(11)20-21)15(22)19-17-18-12-5-3-4-6-14(12)24-17/h7-9H,3-6H2,1-2H3,(H,18,19,22). The van der Waals surface area contributed by atoms with Crippen LogP contribution in [0.25, 0.3) is 10.9 Å². The van der Waals surface area contributed by atoms with Crippen LogP contribution < -0.4 is 10.1 Å². The van der Waals surface area contributed by atoms with Crippen LogP contribution >= 0.6 is 11.3 Å². The normalized spacial score (nSPS) is 13.8. The number of amides is 1. The topological polar surface area (TPSA) is 69.0 Å². The Morgan fingerprint density at radius 3 is 2.96 bits per heavy atom. The number of fused-ring (bicyclic) bond motifs is 2. The third-order valence-corrected chi connectivity index (χ3v) is 5.37. The first-order valence-electron chi connectivity index (χ1n) is 7.96. The zero-order valence-corrected chi connectivity index (χ0v) is 14.4. The fraction of sp³-hybridized carbons (Fsp3) is 0.353. The van der Waals surface area contributed by atoms with Crippen LogP contribution in [0, 0.1) is 0 Å². The smallest absolute Gasteiger partial charge is 0.257 e. The molecule has 3 aromatic rings. The lowest BCUT2D eigenvalue weighted by atomic mass is 10.0. The number of ether oxygens (including phenoxy) is 1. The quantitative estimate of drug-likeness (QED) is 0.794. The van der Waals surface area contributed by atoms with Crippen molar-refractivity contribution in [1.82, 2.24) is 14.8 Å². The van der Waals surface area contributed by atoms with Crippen LogP contribution in [0.15, 0.2) is 18.2 Å². The lowest BCUT2D eigenvalue weighted by Gasteiger charge is -2.06. The highest BCUT2D eigenvalue weighted by Gasteiger charge is 2.18. The number of nitrogens with zero attached hydrogens (tertiary/aromatic N) is 3. The van der Waals surface area contributed by atoms with Gasteiger partial charge in [-0.2, -0.15) is 5.10 Å². The minimum atomic E-state index is -0.160. The molecule has 1 aromatic carbocycles. The molecule has 0 bridgehead atoms. The van der Waals surface area contributed by atoms with Crippen molar-refractivity contribution >= 4 is 33.3 Å². The van der Waals surface area contributed by atoms with E-state index in [4.69, 9.17) is 4.74 Å². The monoisotopic (exact) mass is 342 g/mol. The summed E-state index contributed by atoms with van der Waals surface area (Å²) in [5.41, 5.74) is 2.45. The van der Waals surface area contributed by atoms with E-state index in [2.05, 4.69) is 15.4 Å². The Morgan fingerprint density at radius 2 is 2.17 bits per heavy atom. The number of carbonyl (C=O) groups excluding carboxylic acids is 1. The number of hydrogen-bond donors (Lipinski definition) is 1. The van der Waals surface area contributed by atoms with Gasteiger partial charge in [0.05, 0.1) is 23.7 Å². The van der Waals surface area contributed by atoms with Gasteiger partial charge in [-0.25, -0.2) is 9.67 Å². The van der Waals surface area contributed by atoms with Crippen molar-refractivity contribution in [3.8, 4) is 5.88 Å². The minimum Gasteiger partial charge on any atom is -0.481 e. The van der Waals surface area contributed by atoms with Crippen LogP contribution in [0.2, 0.25) is 0 Å². The molecular formula is C17H18N4O2S. The van der Waals surface area contributed by atoms with E-state index in [1.165, 1.54) is 17.7 Å². The van der Waals surface area contributed by atoms with Gasteiger partial charge in [-0.1, -0.05) is 0 Å². The Kier molecular flexibility index (Phi) is 3.72. The molecule has 2 heterocycles. The average Bonchev–Trinajstić information content (AvgIpc) is 3.12. The molecule has 0 fully saturated rings. The summed E-state index contributed by atoms with van der Waals surface area (Å²) in [7, 11) is 3.43. The molecule has 124 valence electrons. The summed E-state index contributed by atoms with van der Waals surface area (Å²) in [4.78, 5) is 18.4. The average molecular weight is 342 g/mol. The van der Waals surface area contributed by atoms with Gasteiger partial charge in [0, 0.05) is 17.5 Å². The fourth-order valence-electron chi connectivity index (χ4n) is 3.13. The van der Waals surface area contributed by atoms with Gasteiger partial charge in [0.2, 0.25) is 5.88 Å². The lowest BCUT2D eigenvalue weighted by Crippen LogP contribution is -2.11. The summed E-state index contributed by atoms with van der Waals surface area (Å²) in [5.74, 6) is 0.525. The Labute approximate surface area is 143 Å². The number of carbonyl (C=O) groups is 1. The van der Waals surface area contributed by atoms with Crippen molar-refractivity contribution in [2.75, 3.05) is 12.4 Å². The van der Waals surface area contributed by atoms with Crippen LogP contribution in [0.3, 0.4) is 0 Å². The van der Waals surface area contributed by atoms with Gasteiger partial charge in [0.15, 0.2) is 5.13 Å². The van der Waals surface area contributed by atoms with Crippen molar-refractivity contribution < 1.29 is 9.53 Å². The van der Waals surface area contributed by atoms with Crippen molar-refractivity contribution in [2.45, 2.75) is 25.7 Å². The number of methoxy groups -OCH3 is 1. The zero-order chi connectivity index (χ0) is 16.7. The second-order valence-corrected chi connectivity index (χ2v) is 7.00. The molecule has 2 aromatic heterocycles. The van der Waals surface area contributed by atoms with Crippen molar-refractivity contribution in [1.29, 1.82) is 0 Å². The molecule has 1 N–H and O–H groups in total. The zero-order valence-electron chi connectivity index (χ0n) is 13.6. The van der Waals surface area contributed by atoms with Gasteiger partial charge in [-0.15, -0.1) is 11.3 Å². The van der Waals surface area contributed by atoms with Gasteiger partial charge < -0.3 is 4.74 Å². The first kappa shape index (κ1) is 15.1.